The van der Waals surface area contributed by atoms with Crippen LogP contribution in [0.15, 0.2) is 0 Å². The molecule has 2 heterocycles. The summed E-state index contributed by atoms with van der Waals surface area (Å²) in [7, 11) is 0. The number of hydrogen-bond donors (Lipinski definition) is 1. The van der Waals surface area contributed by atoms with E-state index in [-0.39, 0.29) is 11.7 Å². The number of carbonyl (C=O) groups excluding carboxylic acids is 1. The van der Waals surface area contributed by atoms with Crippen LogP contribution < -0.4 is 5.73 Å². The molecule has 2 aliphatic heterocycles. The predicted octanol–water partition coefficient (Wildman–Crippen LogP) is 1.75. The molecule has 2 N–H and O–H groups in total. The number of carbonyl (C=O) groups is 1. The van der Waals surface area contributed by atoms with Gasteiger partial charge in [-0.1, -0.05) is 0 Å². The molecule has 0 aromatic carbocycles. The summed E-state index contributed by atoms with van der Waals surface area (Å²) in [6.07, 6.45) is 2.56. The molecular formula is C14H26N2O3. The lowest BCUT2D eigenvalue weighted by atomic mass is 9.80. The first-order chi connectivity index (χ1) is 8.86. The van der Waals surface area contributed by atoms with E-state index in [9.17, 15) is 4.79 Å². The summed E-state index contributed by atoms with van der Waals surface area (Å²) in [6.45, 7) is 8.54. The Kier molecular flexibility index (Phi) is 4.06. The molecule has 0 aromatic heterocycles. The van der Waals surface area contributed by atoms with Gasteiger partial charge in [0.25, 0.3) is 0 Å². The Bertz CT molecular complexity index is 330. The number of nitrogens with zero attached hydrogens (tertiary/aromatic N) is 1. The third-order valence-electron chi connectivity index (χ3n) is 4.15. The molecular weight excluding hydrogens is 244 g/mol. The van der Waals surface area contributed by atoms with Crippen molar-refractivity contribution in [2.45, 2.75) is 51.2 Å². The van der Waals surface area contributed by atoms with Crippen LogP contribution >= 0.6 is 0 Å². The monoisotopic (exact) mass is 270 g/mol. The van der Waals surface area contributed by atoms with Gasteiger partial charge in [0.1, 0.15) is 5.60 Å². The summed E-state index contributed by atoms with van der Waals surface area (Å²) in [5, 5.41) is 0. The van der Waals surface area contributed by atoms with Crippen LogP contribution in [0.1, 0.15) is 40.0 Å². The van der Waals surface area contributed by atoms with Gasteiger partial charge in [0.15, 0.2) is 0 Å². The Morgan fingerprint density at radius 1 is 1.42 bits per heavy atom. The van der Waals surface area contributed by atoms with E-state index < -0.39 is 5.60 Å². The number of ether oxygens (including phenoxy) is 2. The molecule has 0 aromatic rings. The third kappa shape index (κ3) is 3.20. The summed E-state index contributed by atoms with van der Waals surface area (Å²) in [6, 6.07) is 0. The van der Waals surface area contributed by atoms with Gasteiger partial charge in [-0.15, -0.1) is 0 Å². The van der Waals surface area contributed by atoms with Crippen molar-refractivity contribution in [2.24, 2.45) is 11.7 Å². The number of hydrogen-bond acceptors (Lipinski definition) is 4. The van der Waals surface area contributed by atoms with Gasteiger partial charge in [-0.25, -0.2) is 4.79 Å². The molecule has 1 unspecified atom stereocenters. The largest absolute Gasteiger partial charge is 0.444 e. The molecule has 110 valence electrons. The highest BCUT2D eigenvalue weighted by atomic mass is 16.6. The maximum Gasteiger partial charge on any atom is 0.410 e. The van der Waals surface area contributed by atoms with Gasteiger partial charge in [-0.3, -0.25) is 0 Å². The van der Waals surface area contributed by atoms with Crippen molar-refractivity contribution >= 4 is 6.09 Å². The molecule has 2 fully saturated rings. The van der Waals surface area contributed by atoms with Crippen molar-refractivity contribution in [3.63, 3.8) is 0 Å². The summed E-state index contributed by atoms with van der Waals surface area (Å²) in [5.74, 6) is 0.438. The fourth-order valence-corrected chi connectivity index (χ4v) is 3.06. The zero-order valence-electron chi connectivity index (χ0n) is 12.3. The maximum atomic E-state index is 12.0. The maximum absolute atomic E-state index is 12.0. The Hall–Kier alpha value is -0.810. The average Bonchev–Trinajstić information content (AvgIpc) is 2.70. The zero-order chi connectivity index (χ0) is 14.1. The highest BCUT2D eigenvalue weighted by Crippen LogP contribution is 2.40. The van der Waals surface area contributed by atoms with Gasteiger partial charge in [0.2, 0.25) is 0 Å². The summed E-state index contributed by atoms with van der Waals surface area (Å²) in [5.41, 5.74) is 5.31. The van der Waals surface area contributed by atoms with Crippen molar-refractivity contribution < 1.29 is 14.3 Å². The molecule has 2 rings (SSSR count). The van der Waals surface area contributed by atoms with E-state index in [0.29, 0.717) is 25.6 Å². The second kappa shape index (κ2) is 5.29. The second-order valence-electron chi connectivity index (χ2n) is 6.60. The van der Waals surface area contributed by atoms with Crippen LogP contribution in [0.2, 0.25) is 0 Å². The van der Waals surface area contributed by atoms with Crippen LogP contribution in [0.25, 0.3) is 0 Å². The molecule has 1 atom stereocenters. The van der Waals surface area contributed by atoms with Gasteiger partial charge < -0.3 is 20.1 Å². The highest BCUT2D eigenvalue weighted by Gasteiger charge is 2.46. The van der Waals surface area contributed by atoms with Gasteiger partial charge in [0, 0.05) is 25.6 Å². The van der Waals surface area contributed by atoms with Crippen molar-refractivity contribution in [3.05, 3.63) is 0 Å². The molecule has 1 amide bonds. The molecule has 5 nitrogen and oxygen atoms in total. The number of piperidine rings is 1. The topological polar surface area (TPSA) is 64.8 Å². The first-order valence-electron chi connectivity index (χ1n) is 7.18. The van der Waals surface area contributed by atoms with Crippen LogP contribution in [0.3, 0.4) is 0 Å². The first kappa shape index (κ1) is 14.6. The molecule has 5 heteroatoms. The van der Waals surface area contributed by atoms with Crippen LogP contribution in [0.5, 0.6) is 0 Å². The number of amides is 1. The van der Waals surface area contributed by atoms with E-state index >= 15 is 0 Å². The van der Waals surface area contributed by atoms with Crippen molar-refractivity contribution in [1.29, 1.82) is 0 Å². The number of rotatable bonds is 1. The minimum absolute atomic E-state index is 0.0900. The van der Waals surface area contributed by atoms with Gasteiger partial charge >= 0.3 is 6.09 Å². The highest BCUT2D eigenvalue weighted by molar-refractivity contribution is 5.68. The van der Waals surface area contributed by atoms with E-state index in [1.165, 1.54) is 0 Å². The second-order valence-corrected chi connectivity index (χ2v) is 6.60. The van der Waals surface area contributed by atoms with Crippen molar-refractivity contribution in [1.82, 2.24) is 4.90 Å². The predicted molar refractivity (Wildman–Crippen MR) is 72.9 cm³/mol. The smallest absolute Gasteiger partial charge is 0.410 e. The normalized spacial score (nSPS) is 26.7. The van der Waals surface area contributed by atoms with Crippen LogP contribution in [0, 0.1) is 5.92 Å². The lowest BCUT2D eigenvalue weighted by molar-refractivity contribution is -0.0670. The van der Waals surface area contributed by atoms with Gasteiger partial charge in [-0.2, -0.15) is 0 Å². The fourth-order valence-electron chi connectivity index (χ4n) is 3.06. The average molecular weight is 270 g/mol. The molecule has 1 spiro atoms. The van der Waals surface area contributed by atoms with E-state index in [0.717, 1.165) is 25.9 Å². The first-order valence-corrected chi connectivity index (χ1v) is 7.18. The summed E-state index contributed by atoms with van der Waals surface area (Å²) >= 11 is 0. The SMILES string of the molecule is CC(C)(C)OC(=O)N1CCC2(CC1)OCCC2CN. The van der Waals surface area contributed by atoms with E-state index in [2.05, 4.69) is 0 Å². The molecule has 2 saturated heterocycles. The number of nitrogens with two attached hydrogens (primary N) is 1. The Morgan fingerprint density at radius 3 is 2.58 bits per heavy atom. The van der Waals surface area contributed by atoms with Gasteiger partial charge in [-0.05, 0) is 46.6 Å². The molecule has 0 radical (unpaired) electrons. The molecule has 0 aliphatic carbocycles. The van der Waals surface area contributed by atoms with E-state index in [1.807, 2.05) is 20.8 Å². The molecule has 0 bridgehead atoms. The lowest BCUT2D eigenvalue weighted by Gasteiger charge is -2.42. The number of likely N-dealkylation sites (tertiary alicyclic amines) is 1. The standard InChI is InChI=1S/C14H26N2O3/c1-13(2,3)19-12(17)16-7-5-14(6-8-16)11(10-15)4-9-18-14/h11H,4-10,15H2,1-3H3. The lowest BCUT2D eigenvalue weighted by Crippen LogP contribution is -2.51. The Morgan fingerprint density at radius 2 is 2.05 bits per heavy atom. The zero-order valence-corrected chi connectivity index (χ0v) is 12.3. The minimum atomic E-state index is -0.435. The van der Waals surface area contributed by atoms with Crippen LogP contribution in [-0.2, 0) is 9.47 Å². The Balaban J connectivity index is 1.90. The van der Waals surface area contributed by atoms with Gasteiger partial charge in [0.05, 0.1) is 5.60 Å². The molecule has 0 saturated carbocycles. The quantitative estimate of drug-likeness (QED) is 0.788. The minimum Gasteiger partial charge on any atom is -0.444 e. The Labute approximate surface area is 115 Å². The van der Waals surface area contributed by atoms with Crippen molar-refractivity contribution in [3.8, 4) is 0 Å². The fraction of sp³-hybridized carbons (Fsp3) is 0.929. The van der Waals surface area contributed by atoms with E-state index in [1.54, 1.807) is 4.90 Å². The van der Waals surface area contributed by atoms with Crippen molar-refractivity contribution in [2.75, 3.05) is 26.2 Å². The summed E-state index contributed by atoms with van der Waals surface area (Å²) in [4.78, 5) is 13.8. The third-order valence-corrected chi connectivity index (χ3v) is 4.15. The van der Waals surface area contributed by atoms with E-state index in [4.69, 9.17) is 15.2 Å². The molecule has 19 heavy (non-hydrogen) atoms. The van der Waals surface area contributed by atoms with Crippen LogP contribution in [-0.4, -0.2) is 48.4 Å². The summed E-state index contributed by atoms with van der Waals surface area (Å²) < 4.78 is 11.4. The molecule has 2 aliphatic rings. The van der Waals surface area contributed by atoms with Crippen LogP contribution in [0.4, 0.5) is 4.79 Å².